The molecule has 1 aromatic heterocycles. The first-order valence-electron chi connectivity index (χ1n) is 9.96. The number of halogens is 1. The van der Waals surface area contributed by atoms with E-state index in [9.17, 15) is 0 Å². The van der Waals surface area contributed by atoms with Gasteiger partial charge >= 0.3 is 0 Å². The average Bonchev–Trinajstić information content (AvgIpc) is 2.65. The van der Waals surface area contributed by atoms with Crippen LogP contribution in [0.15, 0.2) is 54.6 Å². The summed E-state index contributed by atoms with van der Waals surface area (Å²) in [5, 5.41) is 0.474. The fourth-order valence-corrected chi connectivity index (χ4v) is 3.53. The van der Waals surface area contributed by atoms with Crippen molar-refractivity contribution in [2.45, 2.75) is 52.4 Å². The van der Waals surface area contributed by atoms with Crippen LogP contribution in [0.4, 0.5) is 0 Å². The van der Waals surface area contributed by atoms with Crippen LogP contribution in [-0.2, 0) is 10.8 Å². The number of pyridine rings is 1. The Kier molecular flexibility index (Phi) is 5.78. The highest BCUT2D eigenvalue weighted by Gasteiger charge is 2.21. The Morgan fingerprint density at radius 2 is 1.31 bits per heavy atom. The molecule has 2 nitrogen and oxygen atoms in total. The van der Waals surface area contributed by atoms with Gasteiger partial charge in [-0.3, -0.25) is 0 Å². The van der Waals surface area contributed by atoms with Crippen LogP contribution in [0.2, 0.25) is 5.15 Å². The summed E-state index contributed by atoms with van der Waals surface area (Å²) < 4.78 is 5.53. The van der Waals surface area contributed by atoms with E-state index in [0.717, 1.165) is 28.1 Å². The summed E-state index contributed by atoms with van der Waals surface area (Å²) in [6.45, 7) is 13.5. The van der Waals surface area contributed by atoms with Crippen LogP contribution in [0, 0.1) is 0 Å². The summed E-state index contributed by atoms with van der Waals surface area (Å²) in [6.07, 6.45) is 0. The Morgan fingerprint density at radius 3 is 1.86 bits per heavy atom. The molecule has 0 unspecified atom stereocenters. The Morgan fingerprint density at radius 1 is 0.759 bits per heavy atom. The number of hydrogen-bond donors (Lipinski definition) is 0. The minimum absolute atomic E-state index is 0.0539. The second-order valence-corrected chi connectivity index (χ2v) is 9.95. The van der Waals surface area contributed by atoms with Crippen molar-refractivity contribution in [1.29, 1.82) is 0 Å². The van der Waals surface area contributed by atoms with Gasteiger partial charge in [-0.2, -0.15) is 0 Å². The maximum absolute atomic E-state index is 6.45. The average molecular weight is 408 g/mol. The van der Waals surface area contributed by atoms with Crippen molar-refractivity contribution in [3.8, 4) is 28.1 Å². The molecule has 3 heteroatoms. The Hall–Kier alpha value is -2.32. The van der Waals surface area contributed by atoms with Crippen LogP contribution in [0.1, 0.15) is 52.7 Å². The molecule has 3 rings (SSSR count). The second kappa shape index (κ2) is 7.84. The lowest BCUT2D eigenvalue weighted by molar-refractivity contribution is 0.416. The number of para-hydroxylation sites is 1. The molecule has 0 bridgehead atoms. The molecule has 0 aliphatic carbocycles. The summed E-state index contributed by atoms with van der Waals surface area (Å²) in [6, 6.07) is 18.8. The second-order valence-electron chi connectivity index (χ2n) is 9.56. The molecular formula is C26H30ClNO. The van der Waals surface area contributed by atoms with Crippen LogP contribution >= 0.6 is 11.6 Å². The zero-order valence-corrected chi connectivity index (χ0v) is 19.2. The molecule has 0 spiro atoms. The standard InChI is InChI=1S/C26H30ClNO/c1-25(2,3)19-12-17(13-20(16-19)26(4,5)6)18-14-22(28-24(27)15-18)21-10-8-9-11-23(21)29-7/h8-16H,1-7H3. The molecule has 0 saturated carbocycles. The number of rotatable bonds is 3. The van der Waals surface area contributed by atoms with E-state index in [0.29, 0.717) is 5.15 Å². The quantitative estimate of drug-likeness (QED) is 0.415. The predicted octanol–water partition coefficient (Wildman–Crippen LogP) is 7.67. The van der Waals surface area contributed by atoms with E-state index < -0.39 is 0 Å². The molecule has 2 aromatic carbocycles. The van der Waals surface area contributed by atoms with Gasteiger partial charge in [0, 0.05) is 5.56 Å². The minimum Gasteiger partial charge on any atom is -0.496 e. The van der Waals surface area contributed by atoms with E-state index in [4.69, 9.17) is 16.3 Å². The van der Waals surface area contributed by atoms with Gasteiger partial charge in [0.15, 0.2) is 0 Å². The largest absolute Gasteiger partial charge is 0.496 e. The molecule has 1 heterocycles. The summed E-state index contributed by atoms with van der Waals surface area (Å²) in [5.74, 6) is 0.784. The summed E-state index contributed by atoms with van der Waals surface area (Å²) in [7, 11) is 1.67. The topological polar surface area (TPSA) is 22.1 Å². The third-order valence-electron chi connectivity index (χ3n) is 5.18. The van der Waals surface area contributed by atoms with Crippen molar-refractivity contribution < 1.29 is 4.74 Å². The number of hydrogen-bond acceptors (Lipinski definition) is 2. The van der Waals surface area contributed by atoms with E-state index >= 15 is 0 Å². The van der Waals surface area contributed by atoms with Gasteiger partial charge in [-0.25, -0.2) is 4.98 Å². The van der Waals surface area contributed by atoms with Crippen LogP contribution in [0.5, 0.6) is 5.75 Å². The van der Waals surface area contributed by atoms with E-state index in [1.165, 1.54) is 11.1 Å². The van der Waals surface area contributed by atoms with Crippen molar-refractivity contribution >= 4 is 11.6 Å². The van der Waals surface area contributed by atoms with Crippen molar-refractivity contribution in [3.05, 3.63) is 70.9 Å². The van der Waals surface area contributed by atoms with E-state index in [1.807, 2.05) is 30.3 Å². The van der Waals surface area contributed by atoms with Crippen molar-refractivity contribution in [1.82, 2.24) is 4.98 Å². The number of ether oxygens (including phenoxy) is 1. The molecule has 0 amide bonds. The van der Waals surface area contributed by atoms with Crippen molar-refractivity contribution in [3.63, 3.8) is 0 Å². The monoisotopic (exact) mass is 407 g/mol. The SMILES string of the molecule is COc1ccccc1-c1cc(-c2cc(C(C)(C)C)cc(C(C)(C)C)c2)cc(Cl)n1. The predicted molar refractivity (Wildman–Crippen MR) is 124 cm³/mol. The first-order valence-corrected chi connectivity index (χ1v) is 10.3. The first kappa shape index (κ1) is 21.4. The van der Waals surface area contributed by atoms with Gasteiger partial charge in [0.25, 0.3) is 0 Å². The number of methoxy groups -OCH3 is 1. The van der Waals surface area contributed by atoms with Gasteiger partial charge in [0.1, 0.15) is 10.9 Å². The first-order chi connectivity index (χ1) is 13.5. The lowest BCUT2D eigenvalue weighted by Crippen LogP contribution is -2.16. The molecule has 0 fully saturated rings. The molecule has 0 saturated heterocycles. The Bertz CT molecular complexity index is 993. The van der Waals surface area contributed by atoms with Gasteiger partial charge in [-0.15, -0.1) is 0 Å². The normalized spacial score (nSPS) is 12.1. The molecule has 0 aliphatic heterocycles. The van der Waals surface area contributed by atoms with Crippen LogP contribution in [0.25, 0.3) is 22.4 Å². The van der Waals surface area contributed by atoms with E-state index in [1.54, 1.807) is 7.11 Å². The van der Waals surface area contributed by atoms with Gasteiger partial charge in [-0.05, 0) is 57.3 Å². The molecule has 0 N–H and O–H groups in total. The lowest BCUT2D eigenvalue weighted by Gasteiger charge is -2.26. The lowest BCUT2D eigenvalue weighted by atomic mass is 9.79. The van der Waals surface area contributed by atoms with Crippen molar-refractivity contribution in [2.75, 3.05) is 7.11 Å². The Labute approximate surface area is 179 Å². The molecule has 0 aliphatic rings. The molecule has 152 valence electrons. The highest BCUT2D eigenvalue weighted by molar-refractivity contribution is 6.29. The van der Waals surface area contributed by atoms with Gasteiger partial charge in [0.05, 0.1) is 12.8 Å². The minimum atomic E-state index is 0.0539. The highest BCUT2D eigenvalue weighted by atomic mass is 35.5. The van der Waals surface area contributed by atoms with Crippen LogP contribution in [-0.4, -0.2) is 12.1 Å². The van der Waals surface area contributed by atoms with Crippen molar-refractivity contribution in [2.24, 2.45) is 0 Å². The van der Waals surface area contributed by atoms with Gasteiger partial charge < -0.3 is 4.74 Å². The molecule has 0 atom stereocenters. The van der Waals surface area contributed by atoms with E-state index in [-0.39, 0.29) is 10.8 Å². The third-order valence-corrected chi connectivity index (χ3v) is 5.37. The summed E-state index contributed by atoms with van der Waals surface area (Å²) in [4.78, 5) is 4.57. The van der Waals surface area contributed by atoms with Gasteiger partial charge in [-0.1, -0.05) is 83.5 Å². The summed E-state index contributed by atoms with van der Waals surface area (Å²) >= 11 is 6.45. The molecule has 0 radical (unpaired) electrons. The zero-order valence-electron chi connectivity index (χ0n) is 18.4. The van der Waals surface area contributed by atoms with E-state index in [2.05, 4.69) is 70.8 Å². The highest BCUT2D eigenvalue weighted by Crippen LogP contribution is 2.37. The number of aromatic nitrogens is 1. The fraction of sp³-hybridized carbons (Fsp3) is 0.346. The molecular weight excluding hydrogens is 378 g/mol. The van der Waals surface area contributed by atoms with Crippen LogP contribution in [0.3, 0.4) is 0 Å². The maximum Gasteiger partial charge on any atom is 0.130 e. The smallest absolute Gasteiger partial charge is 0.130 e. The fourth-order valence-electron chi connectivity index (χ4n) is 3.32. The maximum atomic E-state index is 6.45. The van der Waals surface area contributed by atoms with Gasteiger partial charge in [0.2, 0.25) is 0 Å². The third kappa shape index (κ3) is 4.82. The molecule has 29 heavy (non-hydrogen) atoms. The number of nitrogens with zero attached hydrogens (tertiary/aromatic N) is 1. The Balaban J connectivity index is 2.22. The number of benzene rings is 2. The zero-order chi connectivity index (χ0) is 21.4. The molecule has 3 aromatic rings. The van der Waals surface area contributed by atoms with Crippen LogP contribution < -0.4 is 4.74 Å². The summed E-state index contributed by atoms with van der Waals surface area (Å²) in [5.41, 5.74) is 6.69.